The summed E-state index contributed by atoms with van der Waals surface area (Å²) in [5.74, 6) is 0. The lowest BCUT2D eigenvalue weighted by atomic mass is 10.1. The van der Waals surface area contributed by atoms with Crippen LogP contribution in [0.5, 0.6) is 0 Å². The Bertz CT molecular complexity index is 346. The van der Waals surface area contributed by atoms with Crippen LogP contribution in [0.4, 0.5) is 0 Å². The predicted molar refractivity (Wildman–Crippen MR) is 63.8 cm³/mol. The minimum Gasteiger partial charge on any atom is -0.326 e. The lowest BCUT2D eigenvalue weighted by molar-refractivity contribution is 0.326. The molecule has 2 rings (SSSR count). The van der Waals surface area contributed by atoms with Gasteiger partial charge in [0.1, 0.15) is 0 Å². The number of likely N-dealkylation sites (tertiary alicyclic amines) is 1. The molecule has 0 radical (unpaired) electrons. The van der Waals surface area contributed by atoms with Gasteiger partial charge in [-0.2, -0.15) is 0 Å². The van der Waals surface area contributed by atoms with Crippen molar-refractivity contribution >= 4 is 0 Å². The third-order valence-corrected chi connectivity index (χ3v) is 3.21. The Labute approximate surface area is 92.1 Å². The number of hydrogen-bond donors (Lipinski definition) is 1. The molecule has 82 valence electrons. The Morgan fingerprint density at radius 2 is 2.20 bits per heavy atom. The fraction of sp³-hybridized carbons (Fsp3) is 0.538. The van der Waals surface area contributed by atoms with Crippen LogP contribution in [0.25, 0.3) is 0 Å². The second-order valence-electron chi connectivity index (χ2n) is 4.71. The quantitative estimate of drug-likeness (QED) is 0.796. The molecule has 1 fully saturated rings. The summed E-state index contributed by atoms with van der Waals surface area (Å²) in [5, 5.41) is 0. The van der Waals surface area contributed by atoms with Crippen LogP contribution in [0.2, 0.25) is 0 Å². The highest BCUT2D eigenvalue weighted by molar-refractivity contribution is 5.30. The molecule has 1 atom stereocenters. The van der Waals surface area contributed by atoms with Crippen molar-refractivity contribution in [3.8, 4) is 0 Å². The van der Waals surface area contributed by atoms with E-state index in [1.165, 1.54) is 16.7 Å². The summed E-state index contributed by atoms with van der Waals surface area (Å²) in [6, 6.07) is 7.06. The Hall–Kier alpha value is -0.860. The molecule has 0 amide bonds. The summed E-state index contributed by atoms with van der Waals surface area (Å²) in [7, 11) is 0. The van der Waals surface area contributed by atoms with Crippen molar-refractivity contribution < 1.29 is 0 Å². The first-order chi connectivity index (χ1) is 7.15. The predicted octanol–water partition coefficient (Wildman–Crippen LogP) is 1.84. The molecule has 1 aromatic rings. The highest BCUT2D eigenvalue weighted by atomic mass is 15.2. The largest absolute Gasteiger partial charge is 0.326 e. The number of hydrogen-bond acceptors (Lipinski definition) is 2. The maximum absolute atomic E-state index is 5.91. The SMILES string of the molecule is Cc1ccc(C)c(CN2CCC(N)C2)c1. The molecule has 1 heterocycles. The molecule has 1 aromatic carbocycles. The van der Waals surface area contributed by atoms with Crippen LogP contribution in [0.3, 0.4) is 0 Å². The molecule has 1 aliphatic heterocycles. The van der Waals surface area contributed by atoms with Crippen LogP contribution in [-0.2, 0) is 6.54 Å². The van der Waals surface area contributed by atoms with E-state index in [0.29, 0.717) is 6.04 Å². The Morgan fingerprint density at radius 1 is 1.40 bits per heavy atom. The Balaban J connectivity index is 2.07. The molecule has 1 saturated heterocycles. The van der Waals surface area contributed by atoms with E-state index < -0.39 is 0 Å². The van der Waals surface area contributed by atoms with Gasteiger partial charge in [-0.3, -0.25) is 4.90 Å². The smallest absolute Gasteiger partial charge is 0.0237 e. The molecular formula is C13H20N2. The maximum Gasteiger partial charge on any atom is 0.0237 e. The van der Waals surface area contributed by atoms with Crippen LogP contribution in [0, 0.1) is 13.8 Å². The van der Waals surface area contributed by atoms with Gasteiger partial charge in [0.15, 0.2) is 0 Å². The van der Waals surface area contributed by atoms with Gasteiger partial charge in [-0.1, -0.05) is 23.8 Å². The zero-order valence-electron chi connectivity index (χ0n) is 9.66. The van der Waals surface area contributed by atoms with E-state index in [4.69, 9.17) is 5.73 Å². The Kier molecular flexibility index (Phi) is 3.08. The van der Waals surface area contributed by atoms with E-state index in [0.717, 1.165) is 26.1 Å². The molecule has 0 spiro atoms. The van der Waals surface area contributed by atoms with Gasteiger partial charge >= 0.3 is 0 Å². The zero-order chi connectivity index (χ0) is 10.8. The lowest BCUT2D eigenvalue weighted by Crippen LogP contribution is -2.26. The van der Waals surface area contributed by atoms with E-state index in [9.17, 15) is 0 Å². The normalized spacial score (nSPS) is 22.2. The molecule has 2 heteroatoms. The third kappa shape index (κ3) is 2.58. The molecule has 0 aromatic heterocycles. The minimum absolute atomic E-state index is 0.384. The van der Waals surface area contributed by atoms with E-state index >= 15 is 0 Å². The first-order valence-electron chi connectivity index (χ1n) is 5.69. The van der Waals surface area contributed by atoms with Crippen molar-refractivity contribution in [3.05, 3.63) is 34.9 Å². The van der Waals surface area contributed by atoms with E-state index in [-0.39, 0.29) is 0 Å². The first kappa shape index (κ1) is 10.7. The van der Waals surface area contributed by atoms with Crippen molar-refractivity contribution in [2.75, 3.05) is 13.1 Å². The van der Waals surface area contributed by atoms with Crippen molar-refractivity contribution in [1.82, 2.24) is 4.90 Å². The number of nitrogens with two attached hydrogens (primary N) is 1. The van der Waals surface area contributed by atoms with Gasteiger partial charge in [-0.25, -0.2) is 0 Å². The fourth-order valence-electron chi connectivity index (χ4n) is 2.22. The molecule has 0 bridgehead atoms. The molecule has 2 N–H and O–H groups in total. The third-order valence-electron chi connectivity index (χ3n) is 3.21. The molecular weight excluding hydrogens is 184 g/mol. The highest BCUT2D eigenvalue weighted by Gasteiger charge is 2.19. The van der Waals surface area contributed by atoms with Gasteiger partial charge in [-0.05, 0) is 31.4 Å². The van der Waals surface area contributed by atoms with Crippen molar-refractivity contribution in [2.45, 2.75) is 32.9 Å². The van der Waals surface area contributed by atoms with E-state index in [1.807, 2.05) is 0 Å². The van der Waals surface area contributed by atoms with Crippen LogP contribution in [0.1, 0.15) is 23.1 Å². The van der Waals surface area contributed by atoms with Crippen LogP contribution < -0.4 is 5.73 Å². The van der Waals surface area contributed by atoms with Crippen LogP contribution in [-0.4, -0.2) is 24.0 Å². The molecule has 2 nitrogen and oxygen atoms in total. The van der Waals surface area contributed by atoms with Gasteiger partial charge in [0.2, 0.25) is 0 Å². The first-order valence-corrected chi connectivity index (χ1v) is 5.69. The average Bonchev–Trinajstić information content (AvgIpc) is 2.58. The van der Waals surface area contributed by atoms with Gasteiger partial charge in [0.05, 0.1) is 0 Å². The standard InChI is InChI=1S/C13H20N2/c1-10-3-4-11(2)12(7-10)8-15-6-5-13(14)9-15/h3-4,7,13H,5-6,8-9,14H2,1-2H3. The number of benzene rings is 1. The Morgan fingerprint density at radius 3 is 2.87 bits per heavy atom. The van der Waals surface area contributed by atoms with Gasteiger partial charge in [-0.15, -0.1) is 0 Å². The lowest BCUT2D eigenvalue weighted by Gasteiger charge is -2.17. The summed E-state index contributed by atoms with van der Waals surface area (Å²) in [4.78, 5) is 2.45. The number of rotatable bonds is 2. The molecule has 0 aliphatic carbocycles. The molecule has 1 unspecified atom stereocenters. The van der Waals surface area contributed by atoms with Crippen LogP contribution >= 0.6 is 0 Å². The zero-order valence-corrected chi connectivity index (χ0v) is 9.66. The average molecular weight is 204 g/mol. The van der Waals surface area contributed by atoms with Crippen molar-refractivity contribution in [1.29, 1.82) is 0 Å². The summed E-state index contributed by atoms with van der Waals surface area (Å²) in [6.07, 6.45) is 1.14. The maximum atomic E-state index is 5.91. The fourth-order valence-corrected chi connectivity index (χ4v) is 2.22. The summed E-state index contributed by atoms with van der Waals surface area (Å²) in [5.41, 5.74) is 10.1. The van der Waals surface area contributed by atoms with E-state index in [1.54, 1.807) is 0 Å². The van der Waals surface area contributed by atoms with E-state index in [2.05, 4.69) is 36.9 Å². The van der Waals surface area contributed by atoms with Crippen molar-refractivity contribution in [3.63, 3.8) is 0 Å². The summed E-state index contributed by atoms with van der Waals surface area (Å²) < 4.78 is 0. The number of aryl methyl sites for hydroxylation is 2. The molecule has 0 saturated carbocycles. The molecule has 15 heavy (non-hydrogen) atoms. The van der Waals surface area contributed by atoms with Gasteiger partial charge in [0, 0.05) is 25.7 Å². The van der Waals surface area contributed by atoms with Gasteiger partial charge in [0.25, 0.3) is 0 Å². The van der Waals surface area contributed by atoms with Crippen LogP contribution in [0.15, 0.2) is 18.2 Å². The second-order valence-corrected chi connectivity index (χ2v) is 4.71. The van der Waals surface area contributed by atoms with Gasteiger partial charge < -0.3 is 5.73 Å². The summed E-state index contributed by atoms with van der Waals surface area (Å²) in [6.45, 7) is 7.59. The second kappa shape index (κ2) is 4.33. The topological polar surface area (TPSA) is 29.3 Å². The number of nitrogens with zero attached hydrogens (tertiary/aromatic N) is 1. The highest BCUT2D eigenvalue weighted by Crippen LogP contribution is 2.16. The molecule has 1 aliphatic rings. The monoisotopic (exact) mass is 204 g/mol. The minimum atomic E-state index is 0.384. The van der Waals surface area contributed by atoms with Crippen molar-refractivity contribution in [2.24, 2.45) is 5.73 Å². The summed E-state index contributed by atoms with van der Waals surface area (Å²) >= 11 is 0.